The zero-order valence-corrected chi connectivity index (χ0v) is 26.3. The Morgan fingerprint density at radius 3 is 2.15 bits per heavy atom. The van der Waals surface area contributed by atoms with Gasteiger partial charge in [0.1, 0.15) is 5.70 Å². The Kier molecular flexibility index (Phi) is 9.06. The summed E-state index contributed by atoms with van der Waals surface area (Å²) in [6.07, 6.45) is 0.505. The number of hydrogen-bond donors (Lipinski definition) is 0. The van der Waals surface area contributed by atoms with E-state index in [-0.39, 0.29) is 40.7 Å². The molecule has 1 amide bonds. The van der Waals surface area contributed by atoms with E-state index in [1.807, 2.05) is 6.92 Å². The summed E-state index contributed by atoms with van der Waals surface area (Å²) < 4.78 is 18.2. The van der Waals surface area contributed by atoms with Crippen LogP contribution in [0.15, 0.2) is 10.6 Å². The van der Waals surface area contributed by atoms with Gasteiger partial charge in [-0.2, -0.15) is 0 Å². The third-order valence-corrected chi connectivity index (χ3v) is 18.2. The number of amides is 1. The number of esters is 1. The van der Waals surface area contributed by atoms with Crippen LogP contribution in [0.25, 0.3) is 0 Å². The number of carbonyl (C=O) groups excluding carboxylic acids is 2. The van der Waals surface area contributed by atoms with Gasteiger partial charge in [0.15, 0.2) is 16.6 Å². The molecule has 1 fully saturated rings. The molecule has 0 radical (unpaired) electrons. The highest BCUT2D eigenvalue weighted by atomic mass is 32.2. The number of nitrogens with zero attached hydrogens (tertiary/aromatic N) is 1. The van der Waals surface area contributed by atoms with Gasteiger partial charge in [0.25, 0.3) is 0 Å². The second-order valence-electron chi connectivity index (χ2n) is 12.5. The first kappa shape index (κ1) is 29.6. The van der Waals surface area contributed by atoms with Crippen LogP contribution >= 0.6 is 11.8 Å². The van der Waals surface area contributed by atoms with Gasteiger partial charge in [-0.1, -0.05) is 41.5 Å². The zero-order chi connectivity index (χ0) is 26.3. The predicted octanol–water partition coefficient (Wildman–Crippen LogP) is 6.16. The van der Waals surface area contributed by atoms with Gasteiger partial charge in [-0.25, -0.2) is 4.79 Å². The monoisotopic (exact) mass is 529 g/mol. The van der Waals surface area contributed by atoms with Gasteiger partial charge >= 0.3 is 5.97 Å². The molecule has 0 aromatic rings. The van der Waals surface area contributed by atoms with E-state index in [9.17, 15) is 9.59 Å². The molecule has 196 valence electrons. The Morgan fingerprint density at radius 1 is 1.09 bits per heavy atom. The first-order chi connectivity index (χ1) is 15.4. The molecule has 0 aromatic heterocycles. The average molecular weight is 530 g/mol. The molecule has 2 aliphatic rings. The van der Waals surface area contributed by atoms with Gasteiger partial charge < -0.3 is 18.5 Å². The van der Waals surface area contributed by atoms with Crippen molar-refractivity contribution in [3.8, 4) is 0 Å². The largest absolute Gasteiger partial charge is 0.461 e. The molecule has 9 heteroatoms. The quantitative estimate of drug-likeness (QED) is 0.146. The molecule has 0 aliphatic carbocycles. The molecule has 2 heterocycles. The minimum absolute atomic E-state index is 0.0209. The maximum absolute atomic E-state index is 13.2. The Balaban J connectivity index is 2.12. The van der Waals surface area contributed by atoms with Gasteiger partial charge in [0, 0.05) is 23.7 Å². The van der Waals surface area contributed by atoms with Crippen LogP contribution in [0.2, 0.25) is 36.3 Å². The second-order valence-corrected chi connectivity index (χ2v) is 23.3. The lowest BCUT2D eigenvalue weighted by Gasteiger charge is -2.48. The van der Waals surface area contributed by atoms with Gasteiger partial charge in [0.2, 0.25) is 5.91 Å². The fourth-order valence-electron chi connectivity index (χ4n) is 3.93. The number of β-lactam (4-membered cyclic amide) rings is 1. The summed E-state index contributed by atoms with van der Waals surface area (Å²) >= 11 is 1.63. The molecular weight excluding hydrogens is 483 g/mol. The van der Waals surface area contributed by atoms with E-state index >= 15 is 0 Å². The van der Waals surface area contributed by atoms with Crippen molar-refractivity contribution in [1.82, 2.24) is 4.90 Å². The Morgan fingerprint density at radius 2 is 1.65 bits per heavy atom. The second kappa shape index (κ2) is 10.4. The van der Waals surface area contributed by atoms with E-state index in [1.54, 1.807) is 23.6 Å². The molecule has 0 spiro atoms. The van der Waals surface area contributed by atoms with Crippen LogP contribution in [-0.4, -0.2) is 64.5 Å². The van der Waals surface area contributed by atoms with Crippen molar-refractivity contribution in [2.45, 2.75) is 110 Å². The SMILES string of the molecule is CCOC(=O)C1=C(SCCO[Si](C)(C)C(C)(C)C)C[C@@H]2[C@@H]([C@@H](C)O[Si](C)(C)C(C)(C)C)C(=O)N12. The van der Waals surface area contributed by atoms with E-state index in [0.717, 1.165) is 10.7 Å². The molecule has 0 aromatic carbocycles. The Bertz CT molecular complexity index is 813. The van der Waals surface area contributed by atoms with Crippen molar-refractivity contribution in [3.63, 3.8) is 0 Å². The molecular formula is C25H47NO5SSi2. The van der Waals surface area contributed by atoms with Gasteiger partial charge in [-0.15, -0.1) is 11.8 Å². The normalized spacial score (nSPS) is 22.6. The number of thioether (sulfide) groups is 1. The summed E-state index contributed by atoms with van der Waals surface area (Å²) in [5, 5.41) is 0.230. The summed E-state index contributed by atoms with van der Waals surface area (Å²) in [4.78, 5) is 28.7. The Labute approximate surface area is 213 Å². The van der Waals surface area contributed by atoms with E-state index in [2.05, 4.69) is 67.7 Å². The minimum Gasteiger partial charge on any atom is -0.461 e. The lowest BCUT2D eigenvalue weighted by Crippen LogP contribution is -2.63. The topological polar surface area (TPSA) is 65.1 Å². The highest BCUT2D eigenvalue weighted by Crippen LogP contribution is 2.49. The molecule has 1 saturated heterocycles. The first-order valence-electron chi connectivity index (χ1n) is 12.5. The summed E-state index contributed by atoms with van der Waals surface area (Å²) in [6.45, 7) is 27.0. The lowest BCUT2D eigenvalue weighted by molar-refractivity contribution is -0.161. The number of ether oxygens (including phenoxy) is 1. The van der Waals surface area contributed by atoms with E-state index in [1.165, 1.54) is 0 Å². The number of carbonyl (C=O) groups is 2. The summed E-state index contributed by atoms with van der Waals surface area (Å²) in [5.74, 6) is 0.107. The highest BCUT2D eigenvalue weighted by molar-refractivity contribution is 8.03. The van der Waals surface area contributed by atoms with Crippen LogP contribution in [0.1, 0.15) is 61.8 Å². The maximum atomic E-state index is 13.2. The summed E-state index contributed by atoms with van der Waals surface area (Å²) in [5.41, 5.74) is 0.435. The van der Waals surface area contributed by atoms with Crippen molar-refractivity contribution in [1.29, 1.82) is 0 Å². The summed E-state index contributed by atoms with van der Waals surface area (Å²) in [6, 6.07) is -0.0320. The zero-order valence-electron chi connectivity index (χ0n) is 23.5. The molecule has 2 aliphatic heterocycles. The van der Waals surface area contributed by atoms with Crippen molar-refractivity contribution in [2.24, 2.45) is 5.92 Å². The third kappa shape index (κ3) is 6.02. The smallest absolute Gasteiger partial charge is 0.355 e. The van der Waals surface area contributed by atoms with Crippen LogP contribution in [0.4, 0.5) is 0 Å². The average Bonchev–Trinajstić information content (AvgIpc) is 2.97. The van der Waals surface area contributed by atoms with Crippen molar-refractivity contribution in [2.75, 3.05) is 19.0 Å². The van der Waals surface area contributed by atoms with Crippen LogP contribution in [0, 0.1) is 5.92 Å². The number of hydrogen-bond acceptors (Lipinski definition) is 6. The molecule has 0 saturated carbocycles. The molecule has 34 heavy (non-hydrogen) atoms. The minimum atomic E-state index is -2.01. The van der Waals surface area contributed by atoms with Crippen molar-refractivity contribution in [3.05, 3.63) is 10.6 Å². The van der Waals surface area contributed by atoms with E-state index < -0.39 is 22.6 Å². The third-order valence-electron chi connectivity index (χ3n) is 8.06. The molecule has 0 unspecified atom stereocenters. The van der Waals surface area contributed by atoms with E-state index in [0.29, 0.717) is 18.7 Å². The van der Waals surface area contributed by atoms with Gasteiger partial charge in [-0.05, 0) is 50.1 Å². The van der Waals surface area contributed by atoms with Crippen LogP contribution in [0.3, 0.4) is 0 Å². The fraction of sp³-hybridized carbons (Fsp3) is 0.840. The standard InChI is InChI=1S/C25H47NO5SSi2/c1-13-29-23(28)21-19(32-15-14-30-33(9,10)24(3,4)5)16-18-20(22(27)26(18)21)17(2)31-34(11,12)25(6,7)8/h17-18,20H,13-16H2,1-12H3/t17-,18-,20-/m1/s1. The Hall–Kier alpha value is -0.616. The molecule has 0 N–H and O–H groups in total. The molecule has 2 rings (SSSR count). The van der Waals surface area contributed by atoms with Crippen LogP contribution in [-0.2, 0) is 23.2 Å². The molecule has 3 atom stereocenters. The predicted molar refractivity (Wildman–Crippen MR) is 146 cm³/mol. The van der Waals surface area contributed by atoms with E-state index in [4.69, 9.17) is 13.6 Å². The first-order valence-corrected chi connectivity index (χ1v) is 19.3. The fourth-order valence-corrected chi connectivity index (χ4v) is 7.57. The van der Waals surface area contributed by atoms with Crippen LogP contribution < -0.4 is 0 Å². The van der Waals surface area contributed by atoms with Crippen molar-refractivity contribution < 1.29 is 23.2 Å². The molecule has 0 bridgehead atoms. The lowest BCUT2D eigenvalue weighted by atomic mass is 9.83. The van der Waals surface area contributed by atoms with Crippen LogP contribution in [0.5, 0.6) is 0 Å². The number of rotatable bonds is 10. The number of fused-ring (bicyclic) bond motifs is 1. The van der Waals surface area contributed by atoms with Gasteiger partial charge in [-0.3, -0.25) is 4.79 Å². The maximum Gasteiger partial charge on any atom is 0.355 e. The molecule has 6 nitrogen and oxygen atoms in total. The summed E-state index contributed by atoms with van der Waals surface area (Å²) in [7, 11) is -3.83. The highest BCUT2D eigenvalue weighted by Gasteiger charge is 2.58. The van der Waals surface area contributed by atoms with Gasteiger partial charge in [0.05, 0.1) is 24.7 Å². The van der Waals surface area contributed by atoms with Crippen molar-refractivity contribution >= 4 is 40.3 Å².